The van der Waals surface area contributed by atoms with Crippen LogP contribution in [-0.4, -0.2) is 0 Å². The zero-order valence-corrected chi connectivity index (χ0v) is 11.6. The van der Waals surface area contributed by atoms with Crippen LogP contribution in [0, 0.1) is 0 Å². The van der Waals surface area contributed by atoms with Crippen LogP contribution in [0.5, 0.6) is 5.75 Å². The lowest BCUT2D eigenvalue weighted by Gasteiger charge is -2.27. The van der Waals surface area contributed by atoms with Gasteiger partial charge in [-0.25, -0.2) is 9.65 Å². The summed E-state index contributed by atoms with van der Waals surface area (Å²) in [7, 11) is -3.18. The van der Waals surface area contributed by atoms with E-state index in [1.54, 1.807) is 24.3 Å². The molecule has 6 heteroatoms. The number of nitrogens with one attached hydrogen (secondary N) is 2. The van der Waals surface area contributed by atoms with Crippen LogP contribution in [0.15, 0.2) is 48.5 Å². The molecule has 0 aromatic heterocycles. The van der Waals surface area contributed by atoms with Gasteiger partial charge in [0.15, 0.2) is 0 Å². The molecule has 4 nitrogen and oxygen atoms in total. The molecule has 2 aromatic carbocycles. The second-order valence-electron chi connectivity index (χ2n) is 4.18. The SMILES string of the molecule is O=[P@@]1(Oc2ccccc2Cl)NCc2ccccc2N1. The van der Waals surface area contributed by atoms with E-state index in [0.29, 0.717) is 17.3 Å². The molecule has 1 atom stereocenters. The Hall–Kier alpha value is -1.48. The quantitative estimate of drug-likeness (QED) is 0.821. The maximum atomic E-state index is 12.6. The molecule has 0 saturated heterocycles. The van der Waals surface area contributed by atoms with Crippen molar-refractivity contribution in [2.45, 2.75) is 6.54 Å². The minimum atomic E-state index is -3.18. The third-order valence-electron chi connectivity index (χ3n) is 2.83. The average Bonchev–Trinajstić information content (AvgIpc) is 2.41. The summed E-state index contributed by atoms with van der Waals surface area (Å²) in [5.74, 6) is 0.395. The molecule has 0 aliphatic carbocycles. The van der Waals surface area contributed by atoms with Gasteiger partial charge in [0.25, 0.3) is 0 Å². The van der Waals surface area contributed by atoms with Gasteiger partial charge in [0.2, 0.25) is 0 Å². The molecule has 3 rings (SSSR count). The van der Waals surface area contributed by atoms with Gasteiger partial charge in [-0.3, -0.25) is 5.09 Å². The third kappa shape index (κ3) is 2.61. The van der Waals surface area contributed by atoms with E-state index >= 15 is 0 Å². The molecule has 0 amide bonds. The fraction of sp³-hybridized carbons (Fsp3) is 0.0769. The summed E-state index contributed by atoms with van der Waals surface area (Å²) in [6.07, 6.45) is 0. The maximum Gasteiger partial charge on any atom is 0.417 e. The molecule has 0 bridgehead atoms. The first-order chi connectivity index (χ1) is 9.16. The molecule has 19 heavy (non-hydrogen) atoms. The molecule has 1 aliphatic heterocycles. The van der Waals surface area contributed by atoms with Gasteiger partial charge in [-0.1, -0.05) is 41.9 Å². The van der Waals surface area contributed by atoms with Crippen LogP contribution in [-0.2, 0) is 11.1 Å². The smallest absolute Gasteiger partial charge is 0.416 e. The number of hydrogen-bond donors (Lipinski definition) is 2. The number of halogens is 1. The van der Waals surface area contributed by atoms with Crippen LogP contribution in [0.25, 0.3) is 0 Å². The molecule has 2 aromatic rings. The Morgan fingerprint density at radius 3 is 2.68 bits per heavy atom. The lowest BCUT2D eigenvalue weighted by Crippen LogP contribution is -2.25. The zero-order valence-electron chi connectivity index (χ0n) is 9.97. The van der Waals surface area contributed by atoms with Crippen LogP contribution in [0.3, 0.4) is 0 Å². The first-order valence-corrected chi connectivity index (χ1v) is 7.82. The van der Waals surface area contributed by atoms with E-state index < -0.39 is 7.67 Å². The van der Waals surface area contributed by atoms with Crippen molar-refractivity contribution in [3.63, 3.8) is 0 Å². The third-order valence-corrected chi connectivity index (χ3v) is 4.70. The Kier molecular flexibility index (Phi) is 3.23. The molecule has 0 unspecified atom stereocenters. The lowest BCUT2D eigenvalue weighted by molar-refractivity contribution is 0.470. The Morgan fingerprint density at radius 1 is 1.11 bits per heavy atom. The summed E-state index contributed by atoms with van der Waals surface area (Å²) in [6, 6.07) is 14.6. The van der Waals surface area contributed by atoms with E-state index in [1.165, 1.54) is 0 Å². The molecule has 0 saturated carbocycles. The number of para-hydroxylation sites is 2. The first kappa shape index (κ1) is 12.5. The van der Waals surface area contributed by atoms with E-state index in [4.69, 9.17) is 16.1 Å². The highest BCUT2D eigenvalue weighted by Gasteiger charge is 2.30. The van der Waals surface area contributed by atoms with E-state index in [9.17, 15) is 4.57 Å². The van der Waals surface area contributed by atoms with Gasteiger partial charge in [0.1, 0.15) is 5.75 Å². The van der Waals surface area contributed by atoms with Gasteiger partial charge < -0.3 is 4.52 Å². The minimum absolute atomic E-state index is 0.395. The number of hydrogen-bond acceptors (Lipinski definition) is 2. The molecule has 1 heterocycles. The highest BCUT2D eigenvalue weighted by atomic mass is 35.5. The predicted molar refractivity (Wildman–Crippen MR) is 76.6 cm³/mol. The van der Waals surface area contributed by atoms with Crippen molar-refractivity contribution in [3.05, 3.63) is 59.1 Å². The predicted octanol–water partition coefficient (Wildman–Crippen LogP) is 4.04. The van der Waals surface area contributed by atoms with Crippen LogP contribution < -0.4 is 14.7 Å². The second-order valence-corrected chi connectivity index (χ2v) is 6.41. The molecular weight excluding hydrogens is 283 g/mol. The Morgan fingerprint density at radius 2 is 1.84 bits per heavy atom. The van der Waals surface area contributed by atoms with Crippen LogP contribution in [0.1, 0.15) is 5.56 Å². The van der Waals surface area contributed by atoms with Gasteiger partial charge in [0, 0.05) is 12.2 Å². The van der Waals surface area contributed by atoms with E-state index in [0.717, 1.165) is 11.3 Å². The first-order valence-electron chi connectivity index (χ1n) is 5.82. The highest BCUT2D eigenvalue weighted by molar-refractivity contribution is 7.59. The molecule has 0 radical (unpaired) electrons. The summed E-state index contributed by atoms with van der Waals surface area (Å²) in [4.78, 5) is 0. The molecule has 0 fully saturated rings. The Bertz CT molecular complexity index is 663. The average molecular weight is 295 g/mol. The maximum absolute atomic E-state index is 12.6. The van der Waals surface area contributed by atoms with Gasteiger partial charge in [-0.15, -0.1) is 0 Å². The van der Waals surface area contributed by atoms with Crippen LogP contribution in [0.2, 0.25) is 5.02 Å². The van der Waals surface area contributed by atoms with Gasteiger partial charge in [0.05, 0.1) is 5.02 Å². The summed E-state index contributed by atoms with van der Waals surface area (Å²) in [5, 5.41) is 6.23. The standard InChI is InChI=1S/C13H12ClN2O2P/c14-11-6-2-4-8-13(11)18-19(17)15-9-10-5-1-3-7-12(10)16-19/h1-8H,9H2,(H2,15,16,17)/t19-/m1/s1. The van der Waals surface area contributed by atoms with Crippen molar-refractivity contribution >= 4 is 25.0 Å². The molecule has 98 valence electrons. The zero-order chi connectivity index (χ0) is 13.3. The fourth-order valence-electron chi connectivity index (χ4n) is 1.88. The van der Waals surface area contributed by atoms with Crippen LogP contribution in [0.4, 0.5) is 5.69 Å². The van der Waals surface area contributed by atoms with Gasteiger partial charge in [-0.05, 0) is 23.8 Å². The summed E-state index contributed by atoms with van der Waals surface area (Å²) >= 11 is 6.00. The van der Waals surface area contributed by atoms with Crippen molar-refractivity contribution in [1.82, 2.24) is 5.09 Å². The Labute approximate surface area is 116 Å². The van der Waals surface area contributed by atoms with Gasteiger partial charge in [-0.2, -0.15) is 0 Å². The normalized spacial score (nSPS) is 21.3. The van der Waals surface area contributed by atoms with Crippen molar-refractivity contribution < 1.29 is 9.09 Å². The van der Waals surface area contributed by atoms with Crippen molar-refractivity contribution in [2.75, 3.05) is 5.09 Å². The molecule has 2 N–H and O–H groups in total. The molecular formula is C13H12ClN2O2P. The van der Waals surface area contributed by atoms with Crippen molar-refractivity contribution in [3.8, 4) is 5.75 Å². The number of fused-ring (bicyclic) bond motifs is 1. The van der Waals surface area contributed by atoms with Gasteiger partial charge >= 0.3 is 7.67 Å². The van der Waals surface area contributed by atoms with E-state index in [-0.39, 0.29) is 0 Å². The summed E-state index contributed by atoms with van der Waals surface area (Å²) in [5.41, 5.74) is 1.87. The second kappa shape index (κ2) is 4.89. The highest BCUT2D eigenvalue weighted by Crippen LogP contribution is 2.48. The lowest BCUT2D eigenvalue weighted by atomic mass is 10.2. The number of rotatable bonds is 2. The molecule has 1 aliphatic rings. The Balaban J connectivity index is 1.87. The van der Waals surface area contributed by atoms with Crippen molar-refractivity contribution in [2.24, 2.45) is 0 Å². The molecule has 0 spiro atoms. The van der Waals surface area contributed by atoms with E-state index in [1.807, 2.05) is 24.3 Å². The number of benzene rings is 2. The topological polar surface area (TPSA) is 50.4 Å². The fourth-order valence-corrected chi connectivity index (χ4v) is 3.65. The van der Waals surface area contributed by atoms with Crippen LogP contribution >= 0.6 is 19.3 Å². The summed E-state index contributed by atoms with van der Waals surface area (Å²) in [6.45, 7) is 0.491. The number of anilines is 1. The van der Waals surface area contributed by atoms with Crippen molar-refractivity contribution in [1.29, 1.82) is 0 Å². The largest absolute Gasteiger partial charge is 0.417 e. The van der Waals surface area contributed by atoms with E-state index in [2.05, 4.69) is 10.2 Å². The summed E-state index contributed by atoms with van der Waals surface area (Å²) < 4.78 is 18.1. The minimum Gasteiger partial charge on any atom is -0.416 e. The monoisotopic (exact) mass is 294 g/mol.